The minimum atomic E-state index is -0.914. The zero-order valence-electron chi connectivity index (χ0n) is 13.8. The number of carbonyl (C=O) groups is 2. The lowest BCUT2D eigenvalue weighted by molar-refractivity contribution is -0.136. The van der Waals surface area contributed by atoms with Crippen molar-refractivity contribution in [1.29, 1.82) is 0 Å². The number of anilines is 1. The second-order valence-corrected chi connectivity index (χ2v) is 6.25. The quantitative estimate of drug-likeness (QED) is 0.387. The molecule has 3 aromatic rings. The van der Waals surface area contributed by atoms with Gasteiger partial charge in [-0.05, 0) is 48.5 Å². The van der Waals surface area contributed by atoms with Crippen molar-refractivity contribution in [1.82, 2.24) is 5.43 Å². The predicted octanol–water partition coefficient (Wildman–Crippen LogP) is 4.34. The Morgan fingerprint density at radius 3 is 2.44 bits per heavy atom. The van der Waals surface area contributed by atoms with Gasteiger partial charge in [0.25, 0.3) is 0 Å². The van der Waals surface area contributed by atoms with Gasteiger partial charge in [0.1, 0.15) is 11.5 Å². The summed E-state index contributed by atoms with van der Waals surface area (Å²) in [6.07, 6.45) is 1.29. The van der Waals surface area contributed by atoms with Crippen LogP contribution in [0, 0.1) is 0 Å². The molecule has 0 saturated carbocycles. The molecule has 1 aromatic heterocycles. The van der Waals surface area contributed by atoms with Crippen molar-refractivity contribution in [2.24, 2.45) is 5.10 Å². The molecule has 0 unspecified atom stereocenters. The lowest BCUT2D eigenvalue weighted by atomic mass is 10.2. The summed E-state index contributed by atoms with van der Waals surface area (Å²) in [6.45, 7) is 0. The summed E-state index contributed by atoms with van der Waals surface area (Å²) in [5.41, 5.74) is 3.39. The first-order valence-corrected chi connectivity index (χ1v) is 8.52. The third-order valence-corrected chi connectivity index (χ3v) is 3.89. The average Bonchev–Trinajstić information content (AvgIpc) is 3.12. The van der Waals surface area contributed by atoms with Crippen molar-refractivity contribution in [3.8, 4) is 11.3 Å². The molecule has 0 bridgehead atoms. The molecule has 27 heavy (non-hydrogen) atoms. The molecule has 0 aliphatic heterocycles. The number of hydrogen-bond acceptors (Lipinski definition) is 4. The highest BCUT2D eigenvalue weighted by Gasteiger charge is 2.12. The molecule has 0 atom stereocenters. The van der Waals surface area contributed by atoms with E-state index in [1.165, 1.54) is 6.21 Å². The van der Waals surface area contributed by atoms with Gasteiger partial charge in [0.15, 0.2) is 0 Å². The van der Waals surface area contributed by atoms with Crippen LogP contribution in [-0.4, -0.2) is 18.0 Å². The molecular weight excluding hydrogens is 389 g/mol. The van der Waals surface area contributed by atoms with Crippen LogP contribution in [0.3, 0.4) is 0 Å². The number of hydrazone groups is 1. The van der Waals surface area contributed by atoms with Crippen LogP contribution in [-0.2, 0) is 9.59 Å². The van der Waals surface area contributed by atoms with E-state index in [1.54, 1.807) is 48.5 Å². The summed E-state index contributed by atoms with van der Waals surface area (Å²) in [5, 5.41) is 7.27. The van der Waals surface area contributed by atoms with E-state index in [-0.39, 0.29) is 0 Å². The van der Waals surface area contributed by atoms with Gasteiger partial charge in [-0.15, -0.1) is 0 Å². The Morgan fingerprint density at radius 1 is 0.926 bits per heavy atom. The highest BCUT2D eigenvalue weighted by molar-refractivity contribution is 6.39. The van der Waals surface area contributed by atoms with Gasteiger partial charge in [0, 0.05) is 21.3 Å². The summed E-state index contributed by atoms with van der Waals surface area (Å²) in [5.74, 6) is -0.759. The lowest BCUT2D eigenvalue weighted by Gasteiger charge is -2.03. The van der Waals surface area contributed by atoms with Crippen LogP contribution >= 0.6 is 23.2 Å². The van der Waals surface area contributed by atoms with Gasteiger partial charge in [-0.25, -0.2) is 5.43 Å². The Kier molecular flexibility index (Phi) is 5.90. The number of rotatable bonds is 4. The molecule has 0 fully saturated rings. The standard InChI is InChI=1S/C19H13Cl2N3O3/c20-13-4-6-15(7-5-13)23-18(25)19(26)24-22-11-16-8-9-17(27-16)12-2-1-3-14(21)10-12/h1-11H,(H,23,25)(H,24,26)/b22-11+. The van der Waals surface area contributed by atoms with Crippen molar-refractivity contribution >= 4 is 46.9 Å². The highest BCUT2D eigenvalue weighted by Crippen LogP contribution is 2.24. The summed E-state index contributed by atoms with van der Waals surface area (Å²) >= 11 is 11.7. The summed E-state index contributed by atoms with van der Waals surface area (Å²) < 4.78 is 5.60. The lowest BCUT2D eigenvalue weighted by Crippen LogP contribution is -2.32. The highest BCUT2D eigenvalue weighted by atomic mass is 35.5. The fraction of sp³-hybridized carbons (Fsp3) is 0. The summed E-state index contributed by atoms with van der Waals surface area (Å²) in [7, 11) is 0. The minimum Gasteiger partial charge on any atom is -0.455 e. The summed E-state index contributed by atoms with van der Waals surface area (Å²) in [4.78, 5) is 23.6. The molecule has 2 aromatic carbocycles. The topological polar surface area (TPSA) is 83.7 Å². The molecule has 8 heteroatoms. The van der Waals surface area contributed by atoms with Gasteiger partial charge >= 0.3 is 11.8 Å². The van der Waals surface area contributed by atoms with E-state index in [2.05, 4.69) is 15.8 Å². The van der Waals surface area contributed by atoms with Crippen molar-refractivity contribution in [3.05, 3.63) is 76.5 Å². The van der Waals surface area contributed by atoms with E-state index in [0.717, 1.165) is 5.56 Å². The number of nitrogens with one attached hydrogen (secondary N) is 2. The number of hydrogen-bond donors (Lipinski definition) is 2. The zero-order chi connectivity index (χ0) is 19.2. The van der Waals surface area contributed by atoms with Crippen LogP contribution in [0.15, 0.2) is 70.2 Å². The van der Waals surface area contributed by atoms with E-state index in [9.17, 15) is 9.59 Å². The molecule has 0 spiro atoms. The first kappa shape index (κ1) is 18.7. The predicted molar refractivity (Wildman–Crippen MR) is 105 cm³/mol. The molecule has 0 saturated heterocycles. The monoisotopic (exact) mass is 401 g/mol. The third kappa shape index (κ3) is 5.20. The van der Waals surface area contributed by atoms with Gasteiger partial charge in [0.2, 0.25) is 0 Å². The van der Waals surface area contributed by atoms with Crippen LogP contribution in [0.2, 0.25) is 10.0 Å². The first-order chi connectivity index (χ1) is 13.0. The van der Waals surface area contributed by atoms with E-state index < -0.39 is 11.8 Å². The Hall–Kier alpha value is -3.09. The Bertz CT molecular complexity index is 997. The average molecular weight is 402 g/mol. The molecule has 3 rings (SSSR count). The Labute approximate surface area is 164 Å². The Morgan fingerprint density at radius 2 is 1.70 bits per heavy atom. The second kappa shape index (κ2) is 8.53. The van der Waals surface area contributed by atoms with Crippen molar-refractivity contribution in [2.45, 2.75) is 0 Å². The van der Waals surface area contributed by atoms with Crippen LogP contribution in [0.5, 0.6) is 0 Å². The maximum absolute atomic E-state index is 11.8. The van der Waals surface area contributed by atoms with Crippen LogP contribution in [0.25, 0.3) is 11.3 Å². The maximum Gasteiger partial charge on any atom is 0.329 e. The van der Waals surface area contributed by atoms with Gasteiger partial charge in [-0.1, -0.05) is 35.3 Å². The van der Waals surface area contributed by atoms with E-state index in [4.69, 9.17) is 27.6 Å². The van der Waals surface area contributed by atoms with Crippen molar-refractivity contribution < 1.29 is 14.0 Å². The zero-order valence-corrected chi connectivity index (χ0v) is 15.3. The molecule has 6 nitrogen and oxygen atoms in total. The number of halogens is 2. The fourth-order valence-corrected chi connectivity index (χ4v) is 2.46. The van der Waals surface area contributed by atoms with Crippen LogP contribution in [0.1, 0.15) is 5.76 Å². The number of benzene rings is 2. The molecule has 0 radical (unpaired) electrons. The minimum absolute atomic E-state index is 0.406. The van der Waals surface area contributed by atoms with Crippen LogP contribution in [0.4, 0.5) is 5.69 Å². The fourth-order valence-electron chi connectivity index (χ4n) is 2.15. The SMILES string of the molecule is O=C(N/N=C/c1ccc(-c2cccc(Cl)c2)o1)C(=O)Nc1ccc(Cl)cc1. The Balaban J connectivity index is 1.56. The van der Waals surface area contributed by atoms with Gasteiger partial charge in [-0.3, -0.25) is 9.59 Å². The van der Waals surface area contributed by atoms with Gasteiger partial charge < -0.3 is 9.73 Å². The smallest absolute Gasteiger partial charge is 0.329 e. The van der Waals surface area contributed by atoms with Gasteiger partial charge in [0.05, 0.1) is 6.21 Å². The number of carbonyl (C=O) groups excluding carboxylic acids is 2. The molecule has 0 aliphatic rings. The van der Waals surface area contributed by atoms with Crippen molar-refractivity contribution in [2.75, 3.05) is 5.32 Å². The van der Waals surface area contributed by atoms with Crippen molar-refractivity contribution in [3.63, 3.8) is 0 Å². The van der Waals surface area contributed by atoms with Gasteiger partial charge in [-0.2, -0.15) is 5.10 Å². The molecule has 2 N–H and O–H groups in total. The number of furan rings is 1. The van der Waals surface area contributed by atoms with E-state index in [0.29, 0.717) is 27.3 Å². The molecule has 2 amide bonds. The maximum atomic E-state index is 11.8. The summed E-state index contributed by atoms with van der Waals surface area (Å²) in [6, 6.07) is 17.0. The van der Waals surface area contributed by atoms with Crippen LogP contribution < -0.4 is 10.7 Å². The van der Waals surface area contributed by atoms with E-state index >= 15 is 0 Å². The number of amides is 2. The van der Waals surface area contributed by atoms with E-state index in [1.807, 2.05) is 12.1 Å². The molecule has 1 heterocycles. The number of nitrogens with zero attached hydrogens (tertiary/aromatic N) is 1. The molecular formula is C19H13Cl2N3O3. The second-order valence-electron chi connectivity index (χ2n) is 5.37. The normalized spacial score (nSPS) is 10.7. The third-order valence-electron chi connectivity index (χ3n) is 3.40. The molecule has 0 aliphatic carbocycles. The largest absolute Gasteiger partial charge is 0.455 e. The first-order valence-electron chi connectivity index (χ1n) is 7.77. The molecule has 136 valence electrons.